The van der Waals surface area contributed by atoms with Crippen molar-refractivity contribution in [3.63, 3.8) is 0 Å². The van der Waals surface area contributed by atoms with Crippen molar-refractivity contribution in [1.82, 2.24) is 0 Å². The normalized spacial score (nSPS) is 10.6. The first kappa shape index (κ1) is 12.9. The second-order valence-electron chi connectivity index (χ2n) is 3.92. The number of methoxy groups -OCH3 is 1. The Morgan fingerprint density at radius 3 is 2.42 bits per heavy atom. The molecule has 1 N–H and O–H groups in total. The first-order valence-corrected chi connectivity index (χ1v) is 5.72. The molecule has 2 rings (SSSR count). The van der Waals surface area contributed by atoms with Gasteiger partial charge in [-0.1, -0.05) is 5.16 Å². The van der Waals surface area contributed by atoms with Crippen LogP contribution < -0.4 is 14.0 Å². The average molecular weight is 259 g/mol. The van der Waals surface area contributed by atoms with Gasteiger partial charge in [-0.15, -0.1) is 0 Å². The number of hydrogen-bond acceptors (Lipinski definition) is 4. The zero-order chi connectivity index (χ0) is 13.7. The Hall–Kier alpha value is -2.56. The summed E-state index contributed by atoms with van der Waals surface area (Å²) in [6.07, 6.45) is 3.18. The van der Waals surface area contributed by atoms with Crippen molar-refractivity contribution in [3.05, 3.63) is 48.3 Å². The van der Waals surface area contributed by atoms with Crippen molar-refractivity contribution in [2.75, 3.05) is 7.11 Å². The van der Waals surface area contributed by atoms with Gasteiger partial charge in [0.1, 0.15) is 30.5 Å². The molecule has 0 unspecified atom stereocenters. The Morgan fingerprint density at radius 2 is 1.79 bits per heavy atom. The zero-order valence-electron chi connectivity index (χ0n) is 10.8. The lowest BCUT2D eigenvalue weighted by Gasteiger charge is -2.06. The average Bonchev–Trinajstić information content (AvgIpc) is 2.44. The highest BCUT2D eigenvalue weighted by Crippen LogP contribution is 2.23. The van der Waals surface area contributed by atoms with Crippen molar-refractivity contribution >= 4 is 6.21 Å². The quantitative estimate of drug-likeness (QED) is 0.396. The lowest BCUT2D eigenvalue weighted by atomic mass is 10.3. The summed E-state index contributed by atoms with van der Waals surface area (Å²) < 4.78 is 12.6. The summed E-state index contributed by atoms with van der Waals surface area (Å²) in [4.78, 5) is 0. The van der Waals surface area contributed by atoms with Crippen molar-refractivity contribution in [3.8, 4) is 17.2 Å². The highest BCUT2D eigenvalue weighted by molar-refractivity contribution is 5.74. The fourth-order valence-electron chi connectivity index (χ4n) is 1.60. The van der Waals surface area contributed by atoms with Crippen LogP contribution in [-0.4, -0.2) is 18.5 Å². The molecule has 1 aromatic heterocycles. The number of nitrogens with zero attached hydrogens (tertiary/aromatic N) is 2. The van der Waals surface area contributed by atoms with E-state index in [1.807, 2.05) is 48.1 Å². The van der Waals surface area contributed by atoms with Gasteiger partial charge in [-0.05, 0) is 24.3 Å². The molecule has 0 amide bonds. The predicted molar refractivity (Wildman–Crippen MR) is 70.1 cm³/mol. The number of oxime groups is 1. The van der Waals surface area contributed by atoms with Crippen LogP contribution in [-0.2, 0) is 7.05 Å². The molecule has 0 aliphatic rings. The van der Waals surface area contributed by atoms with Crippen LogP contribution >= 0.6 is 0 Å². The molecule has 5 heteroatoms. The maximum Gasteiger partial charge on any atom is 0.230 e. The van der Waals surface area contributed by atoms with Crippen LogP contribution in [0.25, 0.3) is 0 Å². The standard InChI is InChI=1S/C14H14N2O3/c1-16-8-7-14(9-11(16)10-15-17)19-13-5-3-12(18-2)4-6-13/h3-10H,1-2H3/p+1. The van der Waals surface area contributed by atoms with Crippen LogP contribution in [0.4, 0.5) is 0 Å². The Morgan fingerprint density at radius 1 is 1.11 bits per heavy atom. The van der Waals surface area contributed by atoms with Crippen molar-refractivity contribution in [2.24, 2.45) is 12.2 Å². The minimum absolute atomic E-state index is 0.665. The van der Waals surface area contributed by atoms with Crippen LogP contribution in [0.15, 0.2) is 47.8 Å². The maximum absolute atomic E-state index is 8.58. The Labute approximate surface area is 111 Å². The lowest BCUT2D eigenvalue weighted by Crippen LogP contribution is -2.32. The topological polar surface area (TPSA) is 54.9 Å². The van der Waals surface area contributed by atoms with E-state index in [2.05, 4.69) is 5.16 Å². The SMILES string of the molecule is COc1ccc(Oc2cc[n+](C)c(/C=N/O)c2)cc1. The van der Waals surface area contributed by atoms with E-state index >= 15 is 0 Å². The first-order chi connectivity index (χ1) is 9.22. The van der Waals surface area contributed by atoms with Crippen molar-refractivity contribution in [1.29, 1.82) is 0 Å². The molecule has 0 saturated carbocycles. The van der Waals surface area contributed by atoms with Gasteiger partial charge in [-0.2, -0.15) is 4.57 Å². The fraction of sp³-hybridized carbons (Fsp3) is 0.143. The fourth-order valence-corrected chi connectivity index (χ4v) is 1.60. The second kappa shape index (κ2) is 5.86. The minimum Gasteiger partial charge on any atom is -0.497 e. The molecule has 0 bridgehead atoms. The highest BCUT2D eigenvalue weighted by Gasteiger charge is 2.07. The summed E-state index contributed by atoms with van der Waals surface area (Å²) >= 11 is 0. The van der Waals surface area contributed by atoms with E-state index in [9.17, 15) is 0 Å². The number of aromatic nitrogens is 1. The molecule has 2 aromatic rings. The summed E-state index contributed by atoms with van der Waals surface area (Å²) in [6.45, 7) is 0. The molecule has 0 radical (unpaired) electrons. The van der Waals surface area contributed by atoms with E-state index in [-0.39, 0.29) is 0 Å². The smallest absolute Gasteiger partial charge is 0.230 e. The molecule has 0 atom stereocenters. The summed E-state index contributed by atoms with van der Waals surface area (Å²) in [5, 5.41) is 11.6. The van der Waals surface area contributed by atoms with Gasteiger partial charge in [0.15, 0.2) is 6.20 Å². The van der Waals surface area contributed by atoms with Gasteiger partial charge in [0.25, 0.3) is 0 Å². The zero-order valence-corrected chi connectivity index (χ0v) is 10.8. The molecule has 1 heterocycles. The van der Waals surface area contributed by atoms with Crippen LogP contribution in [0.5, 0.6) is 17.2 Å². The van der Waals surface area contributed by atoms with Crippen molar-refractivity contribution in [2.45, 2.75) is 0 Å². The second-order valence-corrected chi connectivity index (χ2v) is 3.92. The summed E-state index contributed by atoms with van der Waals surface area (Å²) in [7, 11) is 3.47. The third-order valence-electron chi connectivity index (χ3n) is 2.64. The van der Waals surface area contributed by atoms with Gasteiger partial charge in [0.2, 0.25) is 5.69 Å². The highest BCUT2D eigenvalue weighted by atomic mass is 16.5. The van der Waals surface area contributed by atoms with Crippen molar-refractivity contribution < 1.29 is 19.2 Å². The van der Waals surface area contributed by atoms with E-state index in [0.29, 0.717) is 11.5 Å². The van der Waals surface area contributed by atoms with Crippen LogP contribution in [0.2, 0.25) is 0 Å². The van der Waals surface area contributed by atoms with E-state index < -0.39 is 0 Å². The minimum atomic E-state index is 0.665. The molecular formula is C14H15N2O3+. The molecule has 98 valence electrons. The predicted octanol–water partition coefficient (Wildman–Crippen LogP) is 2.12. The summed E-state index contributed by atoms with van der Waals surface area (Å²) in [6, 6.07) is 10.9. The molecule has 19 heavy (non-hydrogen) atoms. The molecular weight excluding hydrogens is 244 g/mol. The largest absolute Gasteiger partial charge is 0.497 e. The Kier molecular flexibility index (Phi) is 3.97. The third kappa shape index (κ3) is 3.22. The van der Waals surface area contributed by atoms with Gasteiger partial charge >= 0.3 is 0 Å². The lowest BCUT2D eigenvalue weighted by molar-refractivity contribution is -0.672. The maximum atomic E-state index is 8.58. The van der Waals surface area contributed by atoms with Gasteiger partial charge in [-0.3, -0.25) is 0 Å². The molecule has 0 saturated heterocycles. The molecule has 5 nitrogen and oxygen atoms in total. The van der Waals surface area contributed by atoms with Gasteiger partial charge in [-0.25, -0.2) is 0 Å². The molecule has 0 fully saturated rings. The van der Waals surface area contributed by atoms with E-state index in [1.165, 1.54) is 6.21 Å². The van der Waals surface area contributed by atoms with Crippen LogP contribution in [0, 0.1) is 0 Å². The summed E-state index contributed by atoms with van der Waals surface area (Å²) in [5.41, 5.74) is 0.730. The molecule has 1 aromatic carbocycles. The number of pyridine rings is 1. The molecule has 0 aliphatic heterocycles. The van der Waals surface area contributed by atoms with Gasteiger partial charge < -0.3 is 14.7 Å². The van der Waals surface area contributed by atoms with E-state index in [0.717, 1.165) is 11.4 Å². The number of hydrogen-bond donors (Lipinski definition) is 1. The monoisotopic (exact) mass is 259 g/mol. The number of ether oxygens (including phenoxy) is 2. The Bertz CT molecular complexity index is 580. The van der Waals surface area contributed by atoms with Crippen LogP contribution in [0.3, 0.4) is 0 Å². The number of rotatable bonds is 4. The van der Waals surface area contributed by atoms with Gasteiger partial charge in [0.05, 0.1) is 13.2 Å². The molecule has 0 spiro atoms. The first-order valence-electron chi connectivity index (χ1n) is 5.72. The van der Waals surface area contributed by atoms with Crippen LogP contribution in [0.1, 0.15) is 5.69 Å². The number of aryl methyl sites for hydroxylation is 1. The third-order valence-corrected chi connectivity index (χ3v) is 2.64. The van der Waals surface area contributed by atoms with E-state index in [4.69, 9.17) is 14.7 Å². The molecule has 0 aliphatic carbocycles. The Balaban J connectivity index is 2.20. The van der Waals surface area contributed by atoms with E-state index in [1.54, 1.807) is 13.2 Å². The van der Waals surface area contributed by atoms with Gasteiger partial charge in [0, 0.05) is 6.07 Å². The summed E-state index contributed by atoms with van der Waals surface area (Å²) in [5.74, 6) is 2.15. The number of benzene rings is 1.